The summed E-state index contributed by atoms with van der Waals surface area (Å²) in [5, 5.41) is 11.5. The summed E-state index contributed by atoms with van der Waals surface area (Å²) < 4.78 is 14.0. The van der Waals surface area contributed by atoms with Crippen molar-refractivity contribution in [1.82, 2.24) is 9.97 Å². The average molecular weight is 275 g/mol. The molecule has 0 bridgehead atoms. The van der Waals surface area contributed by atoms with Crippen molar-refractivity contribution < 1.29 is 9.60 Å². The third-order valence-corrected chi connectivity index (χ3v) is 2.92. The number of nitrogens with two attached hydrogens (primary N) is 1. The highest BCUT2D eigenvalue weighted by atomic mass is 19.1. The van der Waals surface area contributed by atoms with Crippen molar-refractivity contribution in [3.8, 4) is 0 Å². The van der Waals surface area contributed by atoms with Crippen molar-refractivity contribution in [3.63, 3.8) is 0 Å². The molecule has 0 aliphatic heterocycles. The minimum Gasteiger partial charge on any atom is -0.409 e. The molecule has 20 heavy (non-hydrogen) atoms. The molecule has 0 spiro atoms. The number of amidine groups is 1. The van der Waals surface area contributed by atoms with E-state index in [0.717, 1.165) is 5.69 Å². The normalized spacial score (nSPS) is 11.4. The molecule has 2 aromatic rings. The second-order valence-corrected chi connectivity index (χ2v) is 4.19. The Hall–Kier alpha value is -2.70. The fourth-order valence-corrected chi connectivity index (χ4v) is 1.71. The Morgan fingerprint density at radius 3 is 2.55 bits per heavy atom. The predicted molar refractivity (Wildman–Crippen MR) is 73.7 cm³/mol. The lowest BCUT2D eigenvalue weighted by Crippen LogP contribution is -2.16. The zero-order chi connectivity index (χ0) is 14.7. The quantitative estimate of drug-likeness (QED) is 0.386. The SMILES string of the molecule is Cc1ncnc(N(C)c2ccc(/C(N)=N/O)cc2)c1F. The summed E-state index contributed by atoms with van der Waals surface area (Å²) in [5.74, 6) is -0.257. The maximum Gasteiger partial charge on any atom is 0.187 e. The van der Waals surface area contributed by atoms with Gasteiger partial charge in [0.05, 0.1) is 5.69 Å². The van der Waals surface area contributed by atoms with E-state index in [1.165, 1.54) is 6.33 Å². The van der Waals surface area contributed by atoms with Crippen LogP contribution in [-0.4, -0.2) is 28.1 Å². The van der Waals surface area contributed by atoms with E-state index in [9.17, 15) is 4.39 Å². The van der Waals surface area contributed by atoms with E-state index in [0.29, 0.717) is 5.56 Å². The minimum atomic E-state index is -0.462. The van der Waals surface area contributed by atoms with Gasteiger partial charge in [-0.3, -0.25) is 0 Å². The molecule has 1 aromatic heterocycles. The highest BCUT2D eigenvalue weighted by molar-refractivity contribution is 5.97. The van der Waals surface area contributed by atoms with Gasteiger partial charge in [-0.05, 0) is 31.2 Å². The van der Waals surface area contributed by atoms with Gasteiger partial charge < -0.3 is 15.8 Å². The van der Waals surface area contributed by atoms with Gasteiger partial charge in [0, 0.05) is 18.3 Å². The number of halogens is 1. The smallest absolute Gasteiger partial charge is 0.187 e. The molecule has 104 valence electrons. The lowest BCUT2D eigenvalue weighted by atomic mass is 10.2. The molecule has 1 heterocycles. The molecule has 0 saturated heterocycles. The molecule has 0 radical (unpaired) electrons. The van der Waals surface area contributed by atoms with Gasteiger partial charge in [-0.2, -0.15) is 0 Å². The Morgan fingerprint density at radius 2 is 1.95 bits per heavy atom. The predicted octanol–water partition coefficient (Wildman–Crippen LogP) is 1.79. The Kier molecular flexibility index (Phi) is 3.79. The van der Waals surface area contributed by atoms with Gasteiger partial charge in [0.2, 0.25) is 0 Å². The van der Waals surface area contributed by atoms with Crippen molar-refractivity contribution in [2.45, 2.75) is 6.92 Å². The van der Waals surface area contributed by atoms with Gasteiger partial charge in [-0.1, -0.05) is 5.16 Å². The Bertz CT molecular complexity index is 642. The van der Waals surface area contributed by atoms with E-state index in [1.54, 1.807) is 43.1 Å². The van der Waals surface area contributed by atoms with Crippen molar-refractivity contribution >= 4 is 17.3 Å². The van der Waals surface area contributed by atoms with Crippen LogP contribution in [0.25, 0.3) is 0 Å². The number of benzene rings is 1. The van der Waals surface area contributed by atoms with Crippen LogP contribution in [0.1, 0.15) is 11.3 Å². The molecule has 7 heteroatoms. The van der Waals surface area contributed by atoms with E-state index < -0.39 is 5.82 Å². The first-order valence-electron chi connectivity index (χ1n) is 5.83. The number of hydrogen-bond acceptors (Lipinski definition) is 5. The largest absolute Gasteiger partial charge is 0.409 e. The highest BCUT2D eigenvalue weighted by Gasteiger charge is 2.13. The molecule has 0 amide bonds. The first-order chi connectivity index (χ1) is 9.54. The molecule has 0 fully saturated rings. The summed E-state index contributed by atoms with van der Waals surface area (Å²) in [6.45, 7) is 1.58. The van der Waals surface area contributed by atoms with Gasteiger partial charge in [0.25, 0.3) is 0 Å². The molecule has 6 nitrogen and oxygen atoms in total. The number of hydrogen-bond donors (Lipinski definition) is 2. The number of nitrogens with zero attached hydrogens (tertiary/aromatic N) is 4. The van der Waals surface area contributed by atoms with Crippen LogP contribution in [0, 0.1) is 12.7 Å². The third kappa shape index (κ3) is 2.51. The van der Waals surface area contributed by atoms with Crippen molar-refractivity contribution in [2.24, 2.45) is 10.9 Å². The molecule has 3 N–H and O–H groups in total. The van der Waals surface area contributed by atoms with Crippen LogP contribution in [0.3, 0.4) is 0 Å². The van der Waals surface area contributed by atoms with Gasteiger partial charge in [0.1, 0.15) is 6.33 Å². The van der Waals surface area contributed by atoms with Crippen LogP contribution in [-0.2, 0) is 0 Å². The van der Waals surface area contributed by atoms with E-state index in [-0.39, 0.29) is 17.3 Å². The molecule has 0 aliphatic rings. The first kappa shape index (κ1) is 13.7. The maximum absolute atomic E-state index is 14.0. The van der Waals surface area contributed by atoms with E-state index in [1.807, 2.05) is 0 Å². The summed E-state index contributed by atoms with van der Waals surface area (Å²) in [6, 6.07) is 6.80. The van der Waals surface area contributed by atoms with E-state index in [4.69, 9.17) is 10.9 Å². The third-order valence-electron chi connectivity index (χ3n) is 2.92. The highest BCUT2D eigenvalue weighted by Crippen LogP contribution is 2.24. The molecule has 0 saturated carbocycles. The van der Waals surface area contributed by atoms with Crippen molar-refractivity contribution in [1.29, 1.82) is 0 Å². The number of aromatic nitrogens is 2. The minimum absolute atomic E-state index is 0.0169. The number of rotatable bonds is 3. The van der Waals surface area contributed by atoms with E-state index >= 15 is 0 Å². The van der Waals surface area contributed by atoms with Crippen LogP contribution in [0.15, 0.2) is 35.7 Å². The molecular formula is C13H14FN5O. The van der Waals surface area contributed by atoms with E-state index in [2.05, 4.69) is 15.1 Å². The zero-order valence-electron chi connectivity index (χ0n) is 11.1. The van der Waals surface area contributed by atoms with Gasteiger partial charge in [0.15, 0.2) is 17.5 Å². The van der Waals surface area contributed by atoms with Crippen LogP contribution in [0.5, 0.6) is 0 Å². The number of aryl methyl sites for hydroxylation is 1. The van der Waals surface area contributed by atoms with Gasteiger partial charge >= 0.3 is 0 Å². The molecule has 1 aromatic carbocycles. The topological polar surface area (TPSA) is 87.6 Å². The van der Waals surface area contributed by atoms with Gasteiger partial charge in [-0.25, -0.2) is 14.4 Å². The summed E-state index contributed by atoms with van der Waals surface area (Å²) in [6.07, 6.45) is 1.31. The second-order valence-electron chi connectivity index (χ2n) is 4.19. The molecular weight excluding hydrogens is 261 g/mol. The fourth-order valence-electron chi connectivity index (χ4n) is 1.71. The van der Waals surface area contributed by atoms with Crippen LogP contribution < -0.4 is 10.6 Å². The summed E-state index contributed by atoms with van der Waals surface area (Å²) in [7, 11) is 1.70. The van der Waals surface area contributed by atoms with Crippen LogP contribution in [0.4, 0.5) is 15.9 Å². The van der Waals surface area contributed by atoms with Crippen LogP contribution >= 0.6 is 0 Å². The number of oxime groups is 1. The first-order valence-corrected chi connectivity index (χ1v) is 5.83. The summed E-state index contributed by atoms with van der Waals surface area (Å²) in [4.78, 5) is 9.33. The Labute approximate surface area is 115 Å². The average Bonchev–Trinajstić information content (AvgIpc) is 2.48. The molecule has 0 unspecified atom stereocenters. The lowest BCUT2D eigenvalue weighted by molar-refractivity contribution is 0.318. The Balaban J connectivity index is 2.34. The zero-order valence-corrected chi connectivity index (χ0v) is 11.1. The Morgan fingerprint density at radius 1 is 1.30 bits per heavy atom. The maximum atomic E-state index is 14.0. The monoisotopic (exact) mass is 275 g/mol. The standard InChI is InChI=1S/C13H14FN5O/c1-8-11(14)13(17-7-16-8)19(2)10-5-3-9(4-6-10)12(15)18-20/h3-7,20H,1-2H3,(H2,15,18). The summed E-state index contributed by atoms with van der Waals surface area (Å²) in [5.41, 5.74) is 7.06. The number of anilines is 2. The lowest BCUT2D eigenvalue weighted by Gasteiger charge is -2.19. The molecule has 0 atom stereocenters. The molecule has 2 rings (SSSR count). The van der Waals surface area contributed by atoms with Gasteiger partial charge in [-0.15, -0.1) is 0 Å². The van der Waals surface area contributed by atoms with Crippen molar-refractivity contribution in [3.05, 3.63) is 47.7 Å². The molecule has 0 aliphatic carbocycles. The second kappa shape index (κ2) is 5.52. The summed E-state index contributed by atoms with van der Waals surface area (Å²) >= 11 is 0. The van der Waals surface area contributed by atoms with Crippen molar-refractivity contribution in [2.75, 3.05) is 11.9 Å². The fraction of sp³-hybridized carbons (Fsp3) is 0.154. The van der Waals surface area contributed by atoms with Crippen LogP contribution in [0.2, 0.25) is 0 Å².